The largest absolute Gasteiger partial charge is 0.332 e. The van der Waals surface area contributed by atoms with Gasteiger partial charge in [-0.15, -0.1) is 11.3 Å². The van der Waals surface area contributed by atoms with Gasteiger partial charge in [0.2, 0.25) is 5.91 Å². The third-order valence-corrected chi connectivity index (χ3v) is 8.35. The zero-order valence-electron chi connectivity index (χ0n) is 17.8. The molecule has 5 rings (SSSR count). The molecule has 4 amide bonds. The van der Waals surface area contributed by atoms with Crippen molar-refractivity contribution in [2.24, 2.45) is 5.92 Å². The Morgan fingerprint density at radius 2 is 2.00 bits per heavy atom. The van der Waals surface area contributed by atoms with Crippen molar-refractivity contribution >= 4 is 39.4 Å². The van der Waals surface area contributed by atoms with Crippen LogP contribution >= 0.6 is 11.3 Å². The van der Waals surface area contributed by atoms with E-state index < -0.39 is 11.6 Å². The molecule has 3 fully saturated rings. The topological polar surface area (TPSA) is 82.6 Å². The summed E-state index contributed by atoms with van der Waals surface area (Å²) >= 11 is 1.62. The Balaban J connectivity index is 1.36. The van der Waals surface area contributed by atoms with E-state index in [0.717, 1.165) is 58.6 Å². The third kappa shape index (κ3) is 3.41. The lowest BCUT2D eigenvalue weighted by Gasteiger charge is -2.37. The van der Waals surface area contributed by atoms with E-state index in [4.69, 9.17) is 4.98 Å². The highest BCUT2D eigenvalue weighted by molar-refractivity contribution is 7.18. The Bertz CT molecular complexity index is 1000. The number of rotatable bonds is 3. The van der Waals surface area contributed by atoms with Crippen LogP contribution in [0.15, 0.2) is 24.3 Å². The second-order valence-corrected chi connectivity index (χ2v) is 10.1. The number of thiazole rings is 1. The molecule has 1 spiro atoms. The molecule has 2 saturated heterocycles. The molecular weight excluding hydrogens is 412 g/mol. The number of hydrogen-bond acceptors (Lipinski definition) is 5. The normalized spacial score (nSPS) is 29.1. The second kappa shape index (κ2) is 7.89. The molecule has 1 aromatic heterocycles. The number of likely N-dealkylation sites (tertiary alicyclic amines) is 1. The van der Waals surface area contributed by atoms with Crippen molar-refractivity contribution in [2.75, 3.05) is 13.1 Å². The number of fused-ring (bicyclic) bond motifs is 1. The first-order valence-electron chi connectivity index (χ1n) is 11.3. The van der Waals surface area contributed by atoms with Crippen LogP contribution in [0.5, 0.6) is 0 Å². The summed E-state index contributed by atoms with van der Waals surface area (Å²) in [5, 5.41) is 3.88. The number of benzene rings is 1. The van der Waals surface area contributed by atoms with E-state index in [0.29, 0.717) is 13.0 Å². The van der Waals surface area contributed by atoms with Gasteiger partial charge in [-0.1, -0.05) is 31.9 Å². The van der Waals surface area contributed by atoms with Crippen LogP contribution < -0.4 is 5.32 Å². The number of carbonyl (C=O) groups is 3. The Labute approximate surface area is 185 Å². The number of imide groups is 1. The van der Waals surface area contributed by atoms with E-state index in [1.807, 2.05) is 36.1 Å². The molecule has 8 heteroatoms. The second-order valence-electron chi connectivity index (χ2n) is 9.06. The predicted molar refractivity (Wildman–Crippen MR) is 119 cm³/mol. The monoisotopic (exact) mass is 440 g/mol. The summed E-state index contributed by atoms with van der Waals surface area (Å²) in [4.78, 5) is 47.0. The van der Waals surface area contributed by atoms with Gasteiger partial charge in [-0.05, 0) is 50.2 Å². The molecule has 3 atom stereocenters. The maximum atomic E-state index is 13.3. The molecule has 3 aliphatic rings. The van der Waals surface area contributed by atoms with Crippen LogP contribution in [0, 0.1) is 5.92 Å². The molecule has 0 bridgehead atoms. The summed E-state index contributed by atoms with van der Waals surface area (Å²) in [5.74, 6) is -0.317. The smallest absolute Gasteiger partial charge is 0.325 e. The number of urea groups is 1. The van der Waals surface area contributed by atoms with Crippen LogP contribution in [0.4, 0.5) is 4.79 Å². The number of carbonyl (C=O) groups excluding carboxylic acids is 3. The fraction of sp³-hybridized carbons (Fsp3) is 0.565. The highest BCUT2D eigenvalue weighted by atomic mass is 32.1. The summed E-state index contributed by atoms with van der Waals surface area (Å²) < 4.78 is 1.11. The number of aromatic nitrogens is 1. The van der Waals surface area contributed by atoms with Crippen LogP contribution in [0.2, 0.25) is 0 Å². The number of para-hydroxylation sites is 1. The molecule has 7 nitrogen and oxygen atoms in total. The number of nitrogens with one attached hydrogen (secondary N) is 1. The molecule has 0 radical (unpaired) electrons. The fourth-order valence-electron chi connectivity index (χ4n) is 5.38. The van der Waals surface area contributed by atoms with Gasteiger partial charge in [0.25, 0.3) is 5.91 Å². The van der Waals surface area contributed by atoms with Crippen molar-refractivity contribution in [3.63, 3.8) is 0 Å². The van der Waals surface area contributed by atoms with E-state index in [2.05, 4.69) is 5.32 Å². The van der Waals surface area contributed by atoms with Crippen molar-refractivity contribution in [2.45, 2.75) is 63.5 Å². The van der Waals surface area contributed by atoms with Crippen LogP contribution in [0.25, 0.3) is 10.2 Å². The van der Waals surface area contributed by atoms with Crippen molar-refractivity contribution in [1.29, 1.82) is 0 Å². The van der Waals surface area contributed by atoms with Crippen molar-refractivity contribution in [3.05, 3.63) is 29.3 Å². The lowest BCUT2D eigenvalue weighted by molar-refractivity contribution is -0.142. The summed E-state index contributed by atoms with van der Waals surface area (Å²) in [6, 6.07) is 7.47. The van der Waals surface area contributed by atoms with E-state index in [1.54, 1.807) is 11.3 Å². The lowest BCUT2D eigenvalue weighted by atomic mass is 9.73. The molecule has 1 saturated carbocycles. The third-order valence-electron chi connectivity index (χ3n) is 7.21. The maximum Gasteiger partial charge on any atom is 0.325 e. The quantitative estimate of drug-likeness (QED) is 0.735. The minimum absolute atomic E-state index is 0.0864. The Kier molecular flexibility index (Phi) is 5.20. The summed E-state index contributed by atoms with van der Waals surface area (Å²) in [6.45, 7) is 2.46. The van der Waals surface area contributed by atoms with Gasteiger partial charge in [-0.25, -0.2) is 9.78 Å². The highest BCUT2D eigenvalue weighted by Gasteiger charge is 2.55. The lowest BCUT2D eigenvalue weighted by Crippen LogP contribution is -2.54. The Hall–Kier alpha value is -2.48. The zero-order valence-corrected chi connectivity index (χ0v) is 18.6. The van der Waals surface area contributed by atoms with Gasteiger partial charge >= 0.3 is 6.03 Å². The standard InChI is InChI=1S/C23H28N4O3S/c1-15-8-4-6-12-23(15)21(29)27(22(30)25-23)14-19(28)26-13-7-5-10-17(26)20-24-16-9-2-3-11-18(16)31-20/h2-3,9,11,15,17H,4-8,10,12-14H2,1H3,(H,25,30)/t15-,17+,23-/m1/s1. The first kappa shape index (κ1) is 20.4. The number of amides is 4. The summed E-state index contributed by atoms with van der Waals surface area (Å²) in [5.41, 5.74) is 0.118. The van der Waals surface area contributed by atoms with E-state index in [9.17, 15) is 14.4 Å². The molecule has 0 unspecified atom stereocenters. The Morgan fingerprint density at radius 3 is 2.81 bits per heavy atom. The van der Waals surface area contributed by atoms with Crippen molar-refractivity contribution in [3.8, 4) is 0 Å². The predicted octanol–water partition coefficient (Wildman–Crippen LogP) is 3.85. The molecule has 2 aromatic rings. The van der Waals surface area contributed by atoms with Gasteiger partial charge in [-0.2, -0.15) is 0 Å². The summed E-state index contributed by atoms with van der Waals surface area (Å²) in [7, 11) is 0. The highest BCUT2D eigenvalue weighted by Crippen LogP contribution is 2.39. The molecule has 2 aliphatic heterocycles. The number of hydrogen-bond donors (Lipinski definition) is 1. The van der Waals surface area contributed by atoms with E-state index in [-0.39, 0.29) is 30.3 Å². The fourth-order valence-corrected chi connectivity index (χ4v) is 6.50. The average molecular weight is 441 g/mol. The van der Waals surface area contributed by atoms with Crippen LogP contribution in [-0.2, 0) is 9.59 Å². The van der Waals surface area contributed by atoms with Crippen LogP contribution in [0.3, 0.4) is 0 Å². The first-order valence-corrected chi connectivity index (χ1v) is 12.1. The minimum atomic E-state index is -0.829. The average Bonchev–Trinajstić information content (AvgIpc) is 3.31. The van der Waals surface area contributed by atoms with Crippen molar-refractivity contribution < 1.29 is 14.4 Å². The van der Waals surface area contributed by atoms with Crippen molar-refractivity contribution in [1.82, 2.24) is 20.1 Å². The molecule has 1 aromatic carbocycles. The van der Waals surface area contributed by atoms with Crippen LogP contribution in [0.1, 0.15) is 62.9 Å². The van der Waals surface area contributed by atoms with Gasteiger partial charge in [-0.3, -0.25) is 14.5 Å². The SMILES string of the molecule is C[C@@H]1CCCC[C@@]12NC(=O)N(CC(=O)N1CCCC[C@H]1c1nc3ccccc3s1)C2=O. The van der Waals surface area contributed by atoms with Gasteiger partial charge in [0.15, 0.2) is 0 Å². The molecule has 1 aliphatic carbocycles. The number of nitrogens with zero attached hydrogens (tertiary/aromatic N) is 3. The van der Waals surface area contributed by atoms with Crippen LogP contribution in [-0.4, -0.2) is 51.3 Å². The number of piperidine rings is 1. The summed E-state index contributed by atoms with van der Waals surface area (Å²) in [6.07, 6.45) is 6.38. The molecule has 1 N–H and O–H groups in total. The molecule has 164 valence electrons. The van der Waals surface area contributed by atoms with Gasteiger partial charge in [0.05, 0.1) is 16.3 Å². The Morgan fingerprint density at radius 1 is 1.19 bits per heavy atom. The van der Waals surface area contributed by atoms with E-state index in [1.165, 1.54) is 0 Å². The molecule has 3 heterocycles. The first-order chi connectivity index (χ1) is 15.0. The molecular formula is C23H28N4O3S. The molecule has 31 heavy (non-hydrogen) atoms. The zero-order chi connectivity index (χ0) is 21.6. The van der Waals surface area contributed by atoms with Gasteiger partial charge in [0, 0.05) is 6.54 Å². The minimum Gasteiger partial charge on any atom is -0.332 e. The van der Waals surface area contributed by atoms with E-state index >= 15 is 0 Å². The maximum absolute atomic E-state index is 13.3. The van der Waals surface area contributed by atoms with Gasteiger partial charge < -0.3 is 10.2 Å². The van der Waals surface area contributed by atoms with Gasteiger partial charge in [0.1, 0.15) is 17.1 Å².